The Kier molecular flexibility index (Phi) is 12.1. The second-order valence-electron chi connectivity index (χ2n) is 11.4. The highest BCUT2D eigenvalue weighted by molar-refractivity contribution is 7.90. The summed E-state index contributed by atoms with van der Waals surface area (Å²) in [7, 11) is -3.67. The van der Waals surface area contributed by atoms with E-state index in [4.69, 9.17) is 9.84 Å². The van der Waals surface area contributed by atoms with Crippen molar-refractivity contribution in [2.45, 2.75) is 63.1 Å². The molecule has 3 N–H and O–H groups in total. The van der Waals surface area contributed by atoms with Crippen molar-refractivity contribution in [3.05, 3.63) is 89.5 Å². The van der Waals surface area contributed by atoms with Crippen LogP contribution in [-0.4, -0.2) is 57.0 Å². The lowest BCUT2D eigenvalue weighted by Crippen LogP contribution is -2.35. The van der Waals surface area contributed by atoms with E-state index in [0.29, 0.717) is 17.9 Å². The molecule has 0 saturated carbocycles. The number of nitrogens with one attached hydrogen (secondary N) is 2. The second-order valence-corrected chi connectivity index (χ2v) is 13.4. The SMILES string of the molecule is CCCCOc1ccc(NC(=O)N(Cc2ccc(C(=O)NCC(F)C(=O)O)cc2)c2ccc(C3=CCCCC3)cc2)cc1S(C)(=O)=O. The summed E-state index contributed by atoms with van der Waals surface area (Å²) in [6, 6.07) is 17.9. The van der Waals surface area contributed by atoms with Crippen molar-refractivity contribution in [3.8, 4) is 5.75 Å². The first-order chi connectivity index (χ1) is 22.5. The molecule has 0 aromatic heterocycles. The van der Waals surface area contributed by atoms with Gasteiger partial charge in [0, 0.05) is 23.2 Å². The summed E-state index contributed by atoms with van der Waals surface area (Å²) in [6.07, 6.45) is 7.08. The van der Waals surface area contributed by atoms with Crippen LogP contribution in [0.5, 0.6) is 5.75 Å². The number of sulfone groups is 1. The minimum atomic E-state index is -3.67. The number of allylic oxidation sites excluding steroid dienone is 2. The van der Waals surface area contributed by atoms with Gasteiger partial charge < -0.3 is 20.5 Å². The van der Waals surface area contributed by atoms with E-state index in [9.17, 15) is 27.2 Å². The average molecular weight is 666 g/mol. The van der Waals surface area contributed by atoms with Crippen LogP contribution in [0.2, 0.25) is 0 Å². The van der Waals surface area contributed by atoms with E-state index in [1.54, 1.807) is 18.2 Å². The lowest BCUT2D eigenvalue weighted by molar-refractivity contribution is -0.142. The van der Waals surface area contributed by atoms with E-state index in [1.807, 2.05) is 31.2 Å². The van der Waals surface area contributed by atoms with E-state index >= 15 is 0 Å². The predicted molar refractivity (Wildman–Crippen MR) is 179 cm³/mol. The molecule has 0 spiro atoms. The first kappa shape index (κ1) is 35.1. The van der Waals surface area contributed by atoms with Crippen LogP contribution in [0.15, 0.2) is 77.7 Å². The summed E-state index contributed by atoms with van der Waals surface area (Å²) in [4.78, 5) is 38.4. The minimum Gasteiger partial charge on any atom is -0.492 e. The molecule has 0 heterocycles. The highest BCUT2D eigenvalue weighted by Crippen LogP contribution is 2.30. The van der Waals surface area contributed by atoms with E-state index in [1.165, 1.54) is 41.2 Å². The van der Waals surface area contributed by atoms with Gasteiger partial charge in [-0.05, 0) is 91.3 Å². The highest BCUT2D eigenvalue weighted by Gasteiger charge is 2.21. The number of halogens is 1. The monoisotopic (exact) mass is 665 g/mol. The number of benzene rings is 3. The number of alkyl halides is 1. The number of carboxylic acid groups (broad SMARTS) is 1. The van der Waals surface area contributed by atoms with Crippen LogP contribution in [0.3, 0.4) is 0 Å². The first-order valence-electron chi connectivity index (χ1n) is 15.5. The fourth-order valence-corrected chi connectivity index (χ4v) is 5.90. The van der Waals surface area contributed by atoms with E-state index < -0.39 is 40.5 Å². The number of urea groups is 1. The summed E-state index contributed by atoms with van der Waals surface area (Å²) >= 11 is 0. The third kappa shape index (κ3) is 9.89. The molecule has 0 aliphatic heterocycles. The number of nitrogens with zero attached hydrogens (tertiary/aromatic N) is 1. The maximum absolute atomic E-state index is 13.8. The standard InChI is InChI=1S/C35H40FN3O7S/c1-3-4-20-46-31-19-16-28(21-32(31)47(2,44)45)38-35(43)39(29-17-14-26(15-18-29)25-8-6-5-7-9-25)23-24-10-12-27(13-11-24)33(40)37-22-30(36)34(41)42/h8,10-19,21,30H,3-7,9,20,22-23H2,1-2H3,(H,37,40)(H,38,43)(H,41,42). The van der Waals surface area contributed by atoms with Gasteiger partial charge in [0.1, 0.15) is 10.6 Å². The predicted octanol–water partition coefficient (Wildman–Crippen LogP) is 6.62. The van der Waals surface area contributed by atoms with Crippen LogP contribution in [0, 0.1) is 0 Å². The minimum absolute atomic E-state index is 0.0284. The summed E-state index contributed by atoms with van der Waals surface area (Å²) in [6.45, 7) is 1.80. The van der Waals surface area contributed by atoms with Crippen molar-refractivity contribution < 1.29 is 37.0 Å². The van der Waals surface area contributed by atoms with Crippen molar-refractivity contribution >= 4 is 44.7 Å². The molecule has 0 radical (unpaired) electrons. The summed E-state index contributed by atoms with van der Waals surface area (Å²) < 4.78 is 44.3. The number of carboxylic acids is 1. The van der Waals surface area contributed by atoms with Crippen molar-refractivity contribution in [1.29, 1.82) is 0 Å². The summed E-state index contributed by atoms with van der Waals surface area (Å²) in [5, 5.41) is 13.8. The van der Waals surface area contributed by atoms with Gasteiger partial charge in [0.15, 0.2) is 9.84 Å². The molecule has 3 amide bonds. The molecule has 0 saturated heterocycles. The Morgan fingerprint density at radius 2 is 1.74 bits per heavy atom. The zero-order chi connectivity index (χ0) is 34.0. The van der Waals surface area contributed by atoms with Crippen molar-refractivity contribution in [2.24, 2.45) is 0 Å². The molecule has 1 aliphatic rings. The van der Waals surface area contributed by atoms with Gasteiger partial charge in [0.05, 0.1) is 19.7 Å². The molecule has 12 heteroatoms. The van der Waals surface area contributed by atoms with Crippen LogP contribution in [0.1, 0.15) is 66.9 Å². The highest BCUT2D eigenvalue weighted by atomic mass is 32.2. The molecule has 0 fully saturated rings. The van der Waals surface area contributed by atoms with Gasteiger partial charge in [0.2, 0.25) is 6.17 Å². The molecule has 1 unspecified atom stereocenters. The van der Waals surface area contributed by atoms with Gasteiger partial charge in [-0.15, -0.1) is 0 Å². The quantitative estimate of drug-likeness (QED) is 0.164. The number of carbonyl (C=O) groups is 3. The lowest BCUT2D eigenvalue weighted by atomic mass is 9.93. The topological polar surface area (TPSA) is 142 Å². The molecule has 47 heavy (non-hydrogen) atoms. The number of anilines is 2. The number of rotatable bonds is 14. The molecular formula is C35H40FN3O7S. The zero-order valence-electron chi connectivity index (χ0n) is 26.5. The Labute approximate surface area is 274 Å². The Morgan fingerprint density at radius 3 is 2.36 bits per heavy atom. The van der Waals surface area contributed by atoms with E-state index in [0.717, 1.165) is 43.9 Å². The molecular weight excluding hydrogens is 625 g/mol. The number of unbranched alkanes of at least 4 members (excludes halogenated alkanes) is 1. The van der Waals surface area contributed by atoms with Crippen molar-refractivity contribution in [1.82, 2.24) is 5.32 Å². The van der Waals surface area contributed by atoms with Crippen LogP contribution in [0.4, 0.5) is 20.6 Å². The number of hydrogen-bond donors (Lipinski definition) is 3. The Bertz CT molecular complexity index is 1710. The number of aliphatic carboxylic acids is 1. The van der Waals surface area contributed by atoms with Gasteiger partial charge in [-0.1, -0.05) is 43.7 Å². The number of amides is 3. The molecule has 0 bridgehead atoms. The Morgan fingerprint density at radius 1 is 1.02 bits per heavy atom. The largest absolute Gasteiger partial charge is 0.492 e. The van der Waals surface area contributed by atoms with Gasteiger partial charge in [-0.25, -0.2) is 22.4 Å². The normalized spacial score (nSPS) is 13.6. The van der Waals surface area contributed by atoms with E-state index in [2.05, 4.69) is 16.7 Å². The van der Waals surface area contributed by atoms with E-state index in [-0.39, 0.29) is 28.4 Å². The smallest absolute Gasteiger partial charge is 0.340 e. The average Bonchev–Trinajstić information content (AvgIpc) is 3.06. The molecule has 4 rings (SSSR count). The van der Waals surface area contributed by atoms with Crippen LogP contribution < -0.4 is 20.3 Å². The fourth-order valence-electron chi connectivity index (χ4n) is 5.06. The van der Waals surface area contributed by atoms with Gasteiger partial charge >= 0.3 is 12.0 Å². The second kappa shape index (κ2) is 16.2. The Balaban J connectivity index is 1.58. The van der Waals surface area contributed by atoms with Crippen LogP contribution >= 0.6 is 0 Å². The van der Waals surface area contributed by atoms with Crippen molar-refractivity contribution in [3.63, 3.8) is 0 Å². The van der Waals surface area contributed by atoms with Gasteiger partial charge in [-0.2, -0.15) is 0 Å². The van der Waals surface area contributed by atoms with Crippen LogP contribution in [0.25, 0.3) is 5.57 Å². The zero-order valence-corrected chi connectivity index (χ0v) is 27.3. The number of ether oxygens (including phenoxy) is 1. The maximum atomic E-state index is 13.8. The molecule has 3 aromatic carbocycles. The number of hydrogen-bond acceptors (Lipinski definition) is 6. The van der Waals surface area contributed by atoms with Crippen molar-refractivity contribution in [2.75, 3.05) is 29.6 Å². The first-order valence-corrected chi connectivity index (χ1v) is 17.4. The molecule has 1 atom stereocenters. The van der Waals surface area contributed by atoms with Gasteiger partial charge in [0.25, 0.3) is 5.91 Å². The third-order valence-electron chi connectivity index (χ3n) is 7.70. The van der Waals surface area contributed by atoms with Gasteiger partial charge in [-0.3, -0.25) is 9.69 Å². The third-order valence-corrected chi connectivity index (χ3v) is 8.82. The molecule has 3 aromatic rings. The summed E-state index contributed by atoms with van der Waals surface area (Å²) in [5.41, 5.74) is 4.08. The summed E-state index contributed by atoms with van der Waals surface area (Å²) in [5.74, 6) is -2.07. The van der Waals surface area contributed by atoms with Crippen LogP contribution in [-0.2, 0) is 21.2 Å². The molecule has 250 valence electrons. The molecule has 10 nitrogen and oxygen atoms in total. The lowest BCUT2D eigenvalue weighted by Gasteiger charge is -2.24. The number of carbonyl (C=O) groups excluding carboxylic acids is 2. The molecule has 1 aliphatic carbocycles. The Hall–Kier alpha value is -4.71. The maximum Gasteiger partial charge on any atom is 0.340 e. The fraction of sp³-hybridized carbons (Fsp3) is 0.343.